The summed E-state index contributed by atoms with van der Waals surface area (Å²) in [7, 11) is 2.24. The lowest BCUT2D eigenvalue weighted by atomic mass is 10.0. The van der Waals surface area contributed by atoms with E-state index in [0.717, 1.165) is 23.6 Å². The molecule has 0 spiro atoms. The molecule has 1 aliphatic rings. The molecule has 0 amide bonds. The quantitative estimate of drug-likeness (QED) is 0.919. The van der Waals surface area contributed by atoms with Crippen molar-refractivity contribution < 1.29 is 0 Å². The van der Waals surface area contributed by atoms with Crippen molar-refractivity contribution in [3.8, 4) is 0 Å². The Labute approximate surface area is 113 Å². The second kappa shape index (κ2) is 6.53. The maximum absolute atomic E-state index is 3.57. The summed E-state index contributed by atoms with van der Waals surface area (Å²) in [5.74, 6) is 0. The Balaban J connectivity index is 1.75. The first-order valence-corrected chi connectivity index (χ1v) is 7.20. The van der Waals surface area contributed by atoms with Gasteiger partial charge in [-0.05, 0) is 44.1 Å². The zero-order valence-corrected chi connectivity index (χ0v) is 12.0. The van der Waals surface area contributed by atoms with E-state index in [2.05, 4.69) is 57.5 Å². The van der Waals surface area contributed by atoms with E-state index in [1.807, 2.05) is 0 Å². The van der Waals surface area contributed by atoms with E-state index in [1.165, 1.54) is 31.4 Å². The summed E-state index contributed by atoms with van der Waals surface area (Å²) in [5, 5.41) is 3.57. The zero-order valence-electron chi connectivity index (χ0n) is 10.5. The molecule has 1 aromatic rings. The van der Waals surface area contributed by atoms with Gasteiger partial charge < -0.3 is 10.2 Å². The molecule has 2 nitrogen and oxygen atoms in total. The van der Waals surface area contributed by atoms with Gasteiger partial charge in [-0.3, -0.25) is 0 Å². The van der Waals surface area contributed by atoms with Crippen molar-refractivity contribution in [1.82, 2.24) is 10.2 Å². The Morgan fingerprint density at radius 2 is 2.29 bits per heavy atom. The number of hydrogen-bond acceptors (Lipinski definition) is 2. The summed E-state index contributed by atoms with van der Waals surface area (Å²) < 4.78 is 1.16. The van der Waals surface area contributed by atoms with E-state index in [1.54, 1.807) is 0 Å². The third-order valence-corrected chi connectivity index (χ3v) is 4.01. The summed E-state index contributed by atoms with van der Waals surface area (Å²) >= 11 is 3.50. The van der Waals surface area contributed by atoms with Crippen molar-refractivity contribution in [3.05, 3.63) is 34.3 Å². The number of likely N-dealkylation sites (tertiary alicyclic amines) is 1. The molecule has 3 heteroatoms. The molecule has 0 saturated carbocycles. The van der Waals surface area contributed by atoms with Crippen LogP contribution in [0.1, 0.15) is 24.8 Å². The van der Waals surface area contributed by atoms with Crippen LogP contribution >= 0.6 is 15.9 Å². The SMILES string of the molecule is CN1CCCCC1CNCc1cccc(Br)c1. The van der Waals surface area contributed by atoms with Gasteiger partial charge in [-0.2, -0.15) is 0 Å². The molecule has 1 N–H and O–H groups in total. The van der Waals surface area contributed by atoms with Crippen LogP contribution in [0, 0.1) is 0 Å². The highest BCUT2D eigenvalue weighted by molar-refractivity contribution is 9.10. The van der Waals surface area contributed by atoms with E-state index in [4.69, 9.17) is 0 Å². The highest BCUT2D eigenvalue weighted by Gasteiger charge is 2.17. The maximum Gasteiger partial charge on any atom is 0.0217 e. The van der Waals surface area contributed by atoms with Crippen LogP contribution in [0.3, 0.4) is 0 Å². The topological polar surface area (TPSA) is 15.3 Å². The van der Waals surface area contributed by atoms with Crippen LogP contribution in [0.2, 0.25) is 0 Å². The van der Waals surface area contributed by atoms with E-state index < -0.39 is 0 Å². The van der Waals surface area contributed by atoms with Crippen molar-refractivity contribution in [1.29, 1.82) is 0 Å². The predicted octanol–water partition coefficient (Wildman–Crippen LogP) is 3.02. The first-order chi connectivity index (χ1) is 8.25. The van der Waals surface area contributed by atoms with Gasteiger partial charge in [-0.15, -0.1) is 0 Å². The summed E-state index contributed by atoms with van der Waals surface area (Å²) in [6, 6.07) is 9.22. The van der Waals surface area contributed by atoms with Crippen molar-refractivity contribution in [2.75, 3.05) is 20.1 Å². The first kappa shape index (κ1) is 13.1. The minimum Gasteiger partial charge on any atom is -0.311 e. The smallest absolute Gasteiger partial charge is 0.0217 e. The number of hydrogen-bond donors (Lipinski definition) is 1. The fraction of sp³-hybridized carbons (Fsp3) is 0.571. The molecular weight excluding hydrogens is 276 g/mol. The lowest BCUT2D eigenvalue weighted by molar-refractivity contribution is 0.181. The van der Waals surface area contributed by atoms with Crippen LogP contribution in [0.4, 0.5) is 0 Å². The van der Waals surface area contributed by atoms with Crippen LogP contribution in [0.5, 0.6) is 0 Å². The van der Waals surface area contributed by atoms with Gasteiger partial charge >= 0.3 is 0 Å². The van der Waals surface area contributed by atoms with Crippen LogP contribution in [-0.2, 0) is 6.54 Å². The fourth-order valence-electron chi connectivity index (χ4n) is 2.43. The predicted molar refractivity (Wildman–Crippen MR) is 76.1 cm³/mol. The molecule has 0 radical (unpaired) electrons. The minimum atomic E-state index is 0.718. The molecule has 2 rings (SSSR count). The third kappa shape index (κ3) is 4.09. The van der Waals surface area contributed by atoms with E-state index in [9.17, 15) is 0 Å². The lowest BCUT2D eigenvalue weighted by Gasteiger charge is -2.32. The summed E-state index contributed by atoms with van der Waals surface area (Å²) in [6.07, 6.45) is 4.08. The molecule has 1 aromatic carbocycles. The molecule has 0 bridgehead atoms. The average molecular weight is 297 g/mol. The van der Waals surface area contributed by atoms with Gasteiger partial charge in [0.15, 0.2) is 0 Å². The molecule has 1 fully saturated rings. The van der Waals surface area contributed by atoms with Crippen molar-refractivity contribution >= 4 is 15.9 Å². The van der Waals surface area contributed by atoms with Crippen LogP contribution < -0.4 is 5.32 Å². The Bertz CT molecular complexity index is 354. The van der Waals surface area contributed by atoms with Gasteiger partial charge in [0.25, 0.3) is 0 Å². The highest BCUT2D eigenvalue weighted by atomic mass is 79.9. The molecule has 0 aromatic heterocycles. The number of nitrogens with one attached hydrogen (secondary N) is 1. The van der Waals surface area contributed by atoms with E-state index in [-0.39, 0.29) is 0 Å². The highest BCUT2D eigenvalue weighted by Crippen LogP contribution is 2.15. The Morgan fingerprint density at radius 1 is 1.41 bits per heavy atom. The van der Waals surface area contributed by atoms with E-state index >= 15 is 0 Å². The van der Waals surface area contributed by atoms with Gasteiger partial charge in [0.1, 0.15) is 0 Å². The molecule has 1 heterocycles. The Kier molecular flexibility index (Phi) is 5.01. The Morgan fingerprint density at radius 3 is 3.06 bits per heavy atom. The van der Waals surface area contributed by atoms with Gasteiger partial charge in [0.05, 0.1) is 0 Å². The number of rotatable bonds is 4. The van der Waals surface area contributed by atoms with Gasteiger partial charge in [0, 0.05) is 23.6 Å². The number of nitrogens with zero attached hydrogens (tertiary/aromatic N) is 1. The number of benzene rings is 1. The van der Waals surface area contributed by atoms with Crippen molar-refractivity contribution in [2.24, 2.45) is 0 Å². The molecule has 1 saturated heterocycles. The summed E-state index contributed by atoms with van der Waals surface area (Å²) in [5.41, 5.74) is 1.35. The van der Waals surface area contributed by atoms with Crippen LogP contribution in [0.25, 0.3) is 0 Å². The summed E-state index contributed by atoms with van der Waals surface area (Å²) in [6.45, 7) is 3.32. The largest absolute Gasteiger partial charge is 0.311 e. The molecule has 94 valence electrons. The molecule has 0 aliphatic carbocycles. The number of halogens is 1. The van der Waals surface area contributed by atoms with Crippen LogP contribution in [0.15, 0.2) is 28.7 Å². The Hall–Kier alpha value is -0.380. The standard InChI is InChI=1S/C14H21BrN2/c1-17-8-3-2-7-14(17)11-16-10-12-5-4-6-13(15)9-12/h4-6,9,14,16H,2-3,7-8,10-11H2,1H3. The molecule has 17 heavy (non-hydrogen) atoms. The fourth-order valence-corrected chi connectivity index (χ4v) is 2.88. The maximum atomic E-state index is 3.57. The number of piperidine rings is 1. The monoisotopic (exact) mass is 296 g/mol. The average Bonchev–Trinajstić information content (AvgIpc) is 2.32. The van der Waals surface area contributed by atoms with Gasteiger partial charge in [-0.25, -0.2) is 0 Å². The van der Waals surface area contributed by atoms with E-state index in [0.29, 0.717) is 0 Å². The first-order valence-electron chi connectivity index (χ1n) is 6.41. The van der Waals surface area contributed by atoms with Crippen molar-refractivity contribution in [2.45, 2.75) is 31.8 Å². The zero-order chi connectivity index (χ0) is 12.1. The molecule has 1 atom stereocenters. The number of likely N-dealkylation sites (N-methyl/N-ethyl adjacent to an activating group) is 1. The van der Waals surface area contributed by atoms with Crippen LogP contribution in [-0.4, -0.2) is 31.1 Å². The minimum absolute atomic E-state index is 0.718. The van der Waals surface area contributed by atoms with Crippen molar-refractivity contribution in [3.63, 3.8) is 0 Å². The van der Waals surface area contributed by atoms with Gasteiger partial charge in [-0.1, -0.05) is 34.5 Å². The molecule has 1 unspecified atom stereocenters. The summed E-state index contributed by atoms with van der Waals surface area (Å²) in [4.78, 5) is 2.48. The second-order valence-corrected chi connectivity index (χ2v) is 5.81. The lowest BCUT2D eigenvalue weighted by Crippen LogP contribution is -2.42. The molecular formula is C14H21BrN2. The second-order valence-electron chi connectivity index (χ2n) is 4.89. The van der Waals surface area contributed by atoms with Gasteiger partial charge in [0.2, 0.25) is 0 Å². The normalized spacial score (nSPS) is 21.6. The third-order valence-electron chi connectivity index (χ3n) is 3.52. The molecule has 1 aliphatic heterocycles.